The molecule has 8 nitrogen and oxygen atoms in total. The molecule has 4 aromatic carbocycles. The molecule has 0 aliphatic heterocycles. The van der Waals surface area contributed by atoms with Crippen molar-refractivity contribution in [3.8, 4) is 5.75 Å². The molecule has 8 heteroatoms. The van der Waals surface area contributed by atoms with Crippen LogP contribution in [0.1, 0.15) is 26.3 Å². The highest BCUT2D eigenvalue weighted by Crippen LogP contribution is 2.18. The second-order valence-corrected chi connectivity index (χ2v) is 7.81. The third kappa shape index (κ3) is 7.12. The molecule has 0 atom stereocenters. The standard InChI is InChI=1S/C29H24N4O4/c34-27(31-23-14-5-2-6-15-23)20-37-26-18-10-7-13-22(26)19-30-33-29(36)24-16-8-9-17-25(24)32-28(35)21-11-3-1-4-12-21/h1-19H,20H2,(H,31,34)(H,32,35)(H,33,36)/b30-19+. The fourth-order valence-corrected chi connectivity index (χ4v) is 3.38. The molecule has 3 amide bonds. The first-order valence-corrected chi connectivity index (χ1v) is 11.5. The van der Waals surface area contributed by atoms with Crippen molar-refractivity contribution in [3.05, 3.63) is 126 Å². The van der Waals surface area contributed by atoms with Crippen molar-refractivity contribution in [1.82, 2.24) is 5.43 Å². The molecule has 184 valence electrons. The molecular formula is C29H24N4O4. The first kappa shape index (κ1) is 24.9. The van der Waals surface area contributed by atoms with E-state index < -0.39 is 5.91 Å². The van der Waals surface area contributed by atoms with Crippen LogP contribution in [-0.2, 0) is 4.79 Å². The number of anilines is 2. The fourth-order valence-electron chi connectivity index (χ4n) is 3.38. The minimum atomic E-state index is -0.499. The van der Waals surface area contributed by atoms with E-state index in [9.17, 15) is 14.4 Å². The number of hydrogen-bond acceptors (Lipinski definition) is 5. The van der Waals surface area contributed by atoms with Crippen LogP contribution in [0, 0.1) is 0 Å². The number of carbonyl (C=O) groups excluding carboxylic acids is 3. The number of benzene rings is 4. The van der Waals surface area contributed by atoms with Gasteiger partial charge in [-0.2, -0.15) is 5.10 Å². The maximum atomic E-state index is 12.8. The van der Waals surface area contributed by atoms with Crippen LogP contribution in [0.15, 0.2) is 114 Å². The summed E-state index contributed by atoms with van der Waals surface area (Å²) in [6, 6.07) is 31.5. The Kier molecular flexibility index (Phi) is 8.38. The summed E-state index contributed by atoms with van der Waals surface area (Å²) in [5.74, 6) is -0.702. The van der Waals surface area contributed by atoms with Crippen molar-refractivity contribution in [2.75, 3.05) is 17.2 Å². The van der Waals surface area contributed by atoms with E-state index in [1.165, 1.54) is 6.21 Å². The zero-order valence-corrected chi connectivity index (χ0v) is 19.8. The van der Waals surface area contributed by atoms with Gasteiger partial charge in [-0.05, 0) is 48.5 Å². The zero-order valence-electron chi connectivity index (χ0n) is 19.8. The van der Waals surface area contributed by atoms with E-state index in [2.05, 4.69) is 21.2 Å². The average molecular weight is 493 g/mol. The average Bonchev–Trinajstić information content (AvgIpc) is 2.94. The predicted molar refractivity (Wildman–Crippen MR) is 143 cm³/mol. The molecule has 0 aliphatic rings. The molecule has 3 N–H and O–H groups in total. The van der Waals surface area contributed by atoms with Crippen LogP contribution in [-0.4, -0.2) is 30.5 Å². The van der Waals surface area contributed by atoms with Gasteiger partial charge in [0.05, 0.1) is 17.5 Å². The second-order valence-electron chi connectivity index (χ2n) is 7.81. The summed E-state index contributed by atoms with van der Waals surface area (Å²) in [4.78, 5) is 37.5. The lowest BCUT2D eigenvalue weighted by atomic mass is 10.1. The van der Waals surface area contributed by atoms with Gasteiger partial charge in [0.2, 0.25) is 0 Å². The Bertz CT molecular complexity index is 1410. The van der Waals surface area contributed by atoms with Gasteiger partial charge in [-0.25, -0.2) is 5.43 Å². The van der Waals surface area contributed by atoms with Crippen LogP contribution in [0.5, 0.6) is 5.75 Å². The molecule has 0 fully saturated rings. The minimum absolute atomic E-state index is 0.194. The molecule has 0 heterocycles. The van der Waals surface area contributed by atoms with Gasteiger partial charge in [0.1, 0.15) is 5.75 Å². The molecule has 0 spiro atoms. The van der Waals surface area contributed by atoms with E-state index in [4.69, 9.17) is 4.74 Å². The minimum Gasteiger partial charge on any atom is -0.483 e. The van der Waals surface area contributed by atoms with E-state index in [-0.39, 0.29) is 24.0 Å². The third-order valence-electron chi connectivity index (χ3n) is 5.16. The van der Waals surface area contributed by atoms with Crippen molar-refractivity contribution in [2.45, 2.75) is 0 Å². The van der Waals surface area contributed by atoms with Crippen LogP contribution in [0.25, 0.3) is 0 Å². The van der Waals surface area contributed by atoms with E-state index in [1.54, 1.807) is 84.9 Å². The number of nitrogens with one attached hydrogen (secondary N) is 3. The summed E-state index contributed by atoms with van der Waals surface area (Å²) in [7, 11) is 0. The highest BCUT2D eigenvalue weighted by molar-refractivity contribution is 6.09. The number of amides is 3. The van der Waals surface area contributed by atoms with Gasteiger partial charge in [0.25, 0.3) is 17.7 Å². The van der Waals surface area contributed by atoms with E-state index >= 15 is 0 Å². The van der Waals surface area contributed by atoms with Gasteiger partial charge < -0.3 is 15.4 Å². The highest BCUT2D eigenvalue weighted by Gasteiger charge is 2.14. The van der Waals surface area contributed by atoms with Gasteiger partial charge in [-0.1, -0.05) is 60.7 Å². The molecule has 0 aliphatic carbocycles. The molecule has 0 radical (unpaired) electrons. The Balaban J connectivity index is 1.37. The van der Waals surface area contributed by atoms with Crippen LogP contribution in [0.4, 0.5) is 11.4 Å². The van der Waals surface area contributed by atoms with Gasteiger partial charge in [0.15, 0.2) is 6.61 Å². The van der Waals surface area contributed by atoms with Crippen molar-refractivity contribution < 1.29 is 19.1 Å². The number of hydrogen-bond donors (Lipinski definition) is 3. The Labute approximate surface area is 214 Å². The number of carbonyl (C=O) groups is 3. The van der Waals surface area contributed by atoms with E-state index in [0.29, 0.717) is 28.3 Å². The van der Waals surface area contributed by atoms with Gasteiger partial charge in [-0.15, -0.1) is 0 Å². The zero-order chi connectivity index (χ0) is 25.9. The van der Waals surface area contributed by atoms with Crippen LogP contribution >= 0.6 is 0 Å². The lowest BCUT2D eigenvalue weighted by molar-refractivity contribution is -0.118. The fraction of sp³-hybridized carbons (Fsp3) is 0.0345. The molecular weight excluding hydrogens is 468 g/mol. The summed E-state index contributed by atoms with van der Waals surface area (Å²) in [6.45, 7) is -0.194. The maximum absolute atomic E-state index is 12.8. The third-order valence-corrected chi connectivity index (χ3v) is 5.16. The molecule has 0 bridgehead atoms. The highest BCUT2D eigenvalue weighted by atomic mass is 16.5. The number of rotatable bonds is 9. The molecule has 0 saturated carbocycles. The van der Waals surface area contributed by atoms with Gasteiger partial charge in [0, 0.05) is 16.8 Å². The van der Waals surface area contributed by atoms with E-state index in [1.807, 2.05) is 24.3 Å². The number of nitrogens with zero attached hydrogens (tertiary/aromatic N) is 1. The molecule has 37 heavy (non-hydrogen) atoms. The van der Waals surface area contributed by atoms with Crippen molar-refractivity contribution in [3.63, 3.8) is 0 Å². The Hall–Kier alpha value is -5.24. The van der Waals surface area contributed by atoms with E-state index in [0.717, 1.165) is 0 Å². The number of hydrazone groups is 1. The van der Waals surface area contributed by atoms with Crippen LogP contribution < -0.4 is 20.8 Å². The Morgan fingerprint density at radius 3 is 2.14 bits per heavy atom. The Morgan fingerprint density at radius 1 is 0.703 bits per heavy atom. The maximum Gasteiger partial charge on any atom is 0.273 e. The lowest BCUT2D eigenvalue weighted by Crippen LogP contribution is -2.21. The molecule has 0 aromatic heterocycles. The summed E-state index contributed by atoms with van der Waals surface area (Å²) >= 11 is 0. The van der Waals surface area contributed by atoms with Crippen LogP contribution in [0.2, 0.25) is 0 Å². The summed E-state index contributed by atoms with van der Waals surface area (Å²) < 4.78 is 5.65. The normalized spacial score (nSPS) is 10.5. The Morgan fingerprint density at radius 2 is 1.35 bits per heavy atom. The molecule has 4 rings (SSSR count). The molecule has 4 aromatic rings. The molecule has 0 saturated heterocycles. The van der Waals surface area contributed by atoms with Gasteiger partial charge >= 0.3 is 0 Å². The first-order chi connectivity index (χ1) is 18.1. The number of ether oxygens (including phenoxy) is 1. The largest absolute Gasteiger partial charge is 0.483 e. The van der Waals surface area contributed by atoms with Crippen molar-refractivity contribution >= 4 is 35.3 Å². The topological polar surface area (TPSA) is 109 Å². The van der Waals surface area contributed by atoms with Crippen LogP contribution in [0.3, 0.4) is 0 Å². The van der Waals surface area contributed by atoms with Gasteiger partial charge in [-0.3, -0.25) is 14.4 Å². The monoisotopic (exact) mass is 492 g/mol. The second kappa shape index (κ2) is 12.5. The summed E-state index contributed by atoms with van der Waals surface area (Å²) in [6.07, 6.45) is 1.42. The van der Waals surface area contributed by atoms with Crippen molar-refractivity contribution in [1.29, 1.82) is 0 Å². The smallest absolute Gasteiger partial charge is 0.273 e. The summed E-state index contributed by atoms with van der Waals surface area (Å²) in [5.41, 5.74) is 4.81. The quantitative estimate of drug-likeness (QED) is 0.232. The first-order valence-electron chi connectivity index (χ1n) is 11.5. The summed E-state index contributed by atoms with van der Waals surface area (Å²) in [5, 5.41) is 9.55. The number of para-hydroxylation sites is 3. The lowest BCUT2D eigenvalue weighted by Gasteiger charge is -2.10. The molecule has 0 unspecified atom stereocenters. The SMILES string of the molecule is O=C(COc1ccccc1/C=N/NC(=O)c1ccccc1NC(=O)c1ccccc1)Nc1ccccc1. The predicted octanol–water partition coefficient (Wildman–Crippen LogP) is 4.72. The van der Waals surface area contributed by atoms with Crippen molar-refractivity contribution in [2.24, 2.45) is 5.10 Å².